The van der Waals surface area contributed by atoms with Crippen LogP contribution in [-0.2, 0) is 16.2 Å². The SMILES string of the molecule is CCCCCCCCCCCCCCC#CC#CC(=[O+])ONCc1cccc2ccccc12. The zero-order valence-electron chi connectivity index (χ0n) is 20.3. The van der Waals surface area contributed by atoms with Gasteiger partial charge in [0, 0.05) is 12.3 Å². The molecule has 1 radical (unpaired) electrons. The average molecular weight is 446 g/mol. The molecule has 0 atom stereocenters. The Morgan fingerprint density at radius 1 is 0.788 bits per heavy atom. The topological polar surface area (TPSA) is 41.2 Å². The minimum Gasteiger partial charge on any atom is -0.188 e. The molecule has 0 heterocycles. The molecule has 0 spiro atoms. The maximum atomic E-state index is 11.7. The molecule has 2 rings (SSSR count). The molecular formula is C30H39NO2+. The molecule has 0 fully saturated rings. The molecule has 0 unspecified atom stereocenters. The van der Waals surface area contributed by atoms with Gasteiger partial charge >= 0.3 is 5.97 Å². The second-order valence-corrected chi connectivity index (χ2v) is 8.54. The maximum absolute atomic E-state index is 11.7. The molecule has 0 saturated heterocycles. The van der Waals surface area contributed by atoms with Gasteiger partial charge < -0.3 is 0 Å². The van der Waals surface area contributed by atoms with Gasteiger partial charge in [-0.2, -0.15) is 4.84 Å². The Labute approximate surface area is 200 Å². The first-order valence-corrected chi connectivity index (χ1v) is 12.7. The van der Waals surface area contributed by atoms with E-state index in [1.807, 2.05) is 24.3 Å². The summed E-state index contributed by atoms with van der Waals surface area (Å²) in [7, 11) is 0. The van der Waals surface area contributed by atoms with Gasteiger partial charge in [0.2, 0.25) is 0 Å². The van der Waals surface area contributed by atoms with E-state index in [-0.39, 0.29) is 0 Å². The highest BCUT2D eigenvalue weighted by molar-refractivity contribution is 5.89. The van der Waals surface area contributed by atoms with Gasteiger partial charge in [0.05, 0.1) is 11.3 Å². The third-order valence-corrected chi connectivity index (χ3v) is 5.78. The van der Waals surface area contributed by atoms with Crippen LogP contribution in [0.3, 0.4) is 0 Å². The molecule has 3 heteroatoms. The van der Waals surface area contributed by atoms with Crippen LogP contribution in [0.2, 0.25) is 0 Å². The summed E-state index contributed by atoms with van der Waals surface area (Å²) in [5, 5.41) is 2.30. The first-order valence-electron chi connectivity index (χ1n) is 12.7. The van der Waals surface area contributed by atoms with Crippen molar-refractivity contribution in [3.8, 4) is 23.7 Å². The quantitative estimate of drug-likeness (QED) is 0.134. The Kier molecular flexibility index (Phi) is 14.3. The molecular weight excluding hydrogens is 406 g/mol. The molecule has 1 N–H and O–H groups in total. The van der Waals surface area contributed by atoms with Crippen molar-refractivity contribution < 1.29 is 9.63 Å². The number of hydroxylamine groups is 1. The predicted octanol–water partition coefficient (Wildman–Crippen LogP) is 7.49. The molecule has 0 amide bonds. The lowest BCUT2D eigenvalue weighted by molar-refractivity contribution is -0.144. The van der Waals surface area contributed by atoms with Crippen LogP contribution in [0.5, 0.6) is 0 Å². The zero-order chi connectivity index (χ0) is 23.4. The van der Waals surface area contributed by atoms with Gasteiger partial charge in [-0.15, -0.1) is 0 Å². The van der Waals surface area contributed by atoms with Crippen molar-refractivity contribution in [1.29, 1.82) is 0 Å². The monoisotopic (exact) mass is 445 g/mol. The number of fused-ring (bicyclic) bond motifs is 1. The molecule has 33 heavy (non-hydrogen) atoms. The maximum Gasteiger partial charge on any atom is 0.679 e. The van der Waals surface area contributed by atoms with Crippen molar-refractivity contribution in [3.05, 3.63) is 48.0 Å². The van der Waals surface area contributed by atoms with Crippen molar-refractivity contribution in [2.45, 2.75) is 96.9 Å². The van der Waals surface area contributed by atoms with Crippen molar-refractivity contribution in [2.24, 2.45) is 0 Å². The number of hydrogen-bond donors (Lipinski definition) is 1. The minimum atomic E-state index is -0.616. The summed E-state index contributed by atoms with van der Waals surface area (Å²) < 4.78 is 0. The highest BCUT2D eigenvalue weighted by atomic mass is 16.7. The van der Waals surface area contributed by atoms with Crippen LogP contribution in [-0.4, -0.2) is 5.97 Å². The second kappa shape index (κ2) is 17.8. The summed E-state index contributed by atoms with van der Waals surface area (Å²) in [6, 6.07) is 14.2. The van der Waals surface area contributed by atoms with Gasteiger partial charge in [0.25, 0.3) is 0 Å². The molecule has 0 aliphatic carbocycles. The molecule has 3 nitrogen and oxygen atoms in total. The van der Waals surface area contributed by atoms with E-state index in [0.717, 1.165) is 29.2 Å². The van der Waals surface area contributed by atoms with E-state index >= 15 is 0 Å². The van der Waals surface area contributed by atoms with Crippen LogP contribution < -0.4 is 5.48 Å². The largest absolute Gasteiger partial charge is 0.679 e. The second-order valence-electron chi connectivity index (χ2n) is 8.54. The fourth-order valence-electron chi connectivity index (χ4n) is 3.89. The van der Waals surface area contributed by atoms with Crippen molar-refractivity contribution in [1.82, 2.24) is 5.48 Å². The predicted molar refractivity (Wildman–Crippen MR) is 138 cm³/mol. The number of unbranched alkanes of at least 4 members (excludes halogenated alkanes) is 12. The molecule has 0 saturated carbocycles. The van der Waals surface area contributed by atoms with Gasteiger partial charge in [0.15, 0.2) is 0 Å². The van der Waals surface area contributed by atoms with E-state index < -0.39 is 5.97 Å². The highest BCUT2D eigenvalue weighted by Crippen LogP contribution is 2.18. The average Bonchev–Trinajstić information content (AvgIpc) is 2.84. The third-order valence-electron chi connectivity index (χ3n) is 5.78. The van der Waals surface area contributed by atoms with Crippen LogP contribution in [0.25, 0.3) is 10.8 Å². The fraction of sp³-hybridized carbons (Fsp3) is 0.500. The first-order chi connectivity index (χ1) is 16.3. The van der Waals surface area contributed by atoms with Crippen molar-refractivity contribution in [2.75, 3.05) is 0 Å². The fourth-order valence-corrected chi connectivity index (χ4v) is 3.89. The summed E-state index contributed by atoms with van der Waals surface area (Å²) in [4.78, 5) is 16.7. The van der Waals surface area contributed by atoms with Gasteiger partial charge in [-0.25, -0.2) is 0 Å². The first kappa shape index (κ1) is 26.5. The van der Waals surface area contributed by atoms with Gasteiger partial charge in [0.1, 0.15) is 5.92 Å². The summed E-state index contributed by atoms with van der Waals surface area (Å²) >= 11 is 0. The van der Waals surface area contributed by atoms with Gasteiger partial charge in [-0.05, 0) is 34.2 Å². The lowest BCUT2D eigenvalue weighted by atomic mass is 10.0. The van der Waals surface area contributed by atoms with Crippen LogP contribution in [0.15, 0.2) is 42.5 Å². The minimum absolute atomic E-state index is 0.430. The number of carbonyl (C=O) groups is 1. The zero-order valence-corrected chi connectivity index (χ0v) is 20.3. The summed E-state index contributed by atoms with van der Waals surface area (Å²) in [5.41, 5.74) is 3.76. The molecule has 0 aliphatic rings. The van der Waals surface area contributed by atoms with Crippen LogP contribution >= 0.6 is 0 Å². The van der Waals surface area contributed by atoms with Crippen LogP contribution in [0, 0.1) is 23.7 Å². The number of carbonyl (C=O) groups excluding carboxylic acids is 1. The molecule has 0 aliphatic heterocycles. The highest BCUT2D eigenvalue weighted by Gasteiger charge is 2.13. The lowest BCUT2D eigenvalue weighted by Gasteiger charge is -2.03. The van der Waals surface area contributed by atoms with E-state index in [4.69, 9.17) is 4.84 Å². The number of rotatable bonds is 15. The van der Waals surface area contributed by atoms with E-state index in [9.17, 15) is 4.79 Å². The van der Waals surface area contributed by atoms with Gasteiger partial charge in [-0.3, -0.25) is 0 Å². The summed E-state index contributed by atoms with van der Waals surface area (Å²) in [6.45, 7) is 2.70. The molecule has 0 aromatic heterocycles. The lowest BCUT2D eigenvalue weighted by Crippen LogP contribution is -2.18. The van der Waals surface area contributed by atoms with E-state index in [0.29, 0.717) is 6.54 Å². The Balaban J connectivity index is 1.47. The summed E-state index contributed by atoms with van der Waals surface area (Å²) in [6.07, 6.45) is 16.9. The van der Waals surface area contributed by atoms with Crippen molar-refractivity contribution >= 4 is 16.7 Å². The van der Waals surface area contributed by atoms with E-state index in [1.54, 1.807) is 0 Å². The van der Waals surface area contributed by atoms with Gasteiger partial charge in [-0.1, -0.05) is 126 Å². The Morgan fingerprint density at radius 2 is 1.42 bits per heavy atom. The number of benzene rings is 2. The van der Waals surface area contributed by atoms with Crippen LogP contribution in [0.4, 0.5) is 0 Å². The Morgan fingerprint density at radius 3 is 2.15 bits per heavy atom. The van der Waals surface area contributed by atoms with Crippen molar-refractivity contribution in [3.63, 3.8) is 0 Å². The standard InChI is InChI=1S/C30H39NO2/c1-2-3-4-5-6-7-8-9-10-11-12-13-14-15-16-17-25-30(32)33-31-26-28-23-20-22-27-21-18-19-24-29(27)28/h18-24,31H,2-14,26H2,1H3/q+1. The van der Waals surface area contributed by atoms with E-state index in [2.05, 4.69) is 54.3 Å². The van der Waals surface area contributed by atoms with E-state index in [1.165, 1.54) is 70.6 Å². The smallest absolute Gasteiger partial charge is 0.188 e. The summed E-state index contributed by atoms with van der Waals surface area (Å²) in [5.74, 6) is 10.1. The number of hydrogen-bond acceptors (Lipinski definition) is 3. The van der Waals surface area contributed by atoms with Crippen LogP contribution in [0.1, 0.15) is 96.0 Å². The Bertz CT molecular complexity index is 937. The molecule has 2 aromatic rings. The Hall–Kier alpha value is -2.75. The third kappa shape index (κ3) is 12.2. The molecule has 175 valence electrons. The molecule has 2 aromatic carbocycles. The molecule has 0 bridgehead atoms. The normalized spacial score (nSPS) is 10.2. The number of nitrogens with one attached hydrogen (secondary N) is 1.